The summed E-state index contributed by atoms with van der Waals surface area (Å²) in [5, 5.41) is 13.5. The summed E-state index contributed by atoms with van der Waals surface area (Å²) >= 11 is 0.869. The summed E-state index contributed by atoms with van der Waals surface area (Å²) < 4.78 is 43.2. The lowest BCUT2D eigenvalue weighted by atomic mass is 9.68. The fraction of sp³-hybridized carbons (Fsp3) is 0.452. The van der Waals surface area contributed by atoms with E-state index < -0.39 is 23.3 Å². The number of nitriles is 1. The average Bonchev–Trinajstić information content (AvgIpc) is 3.64. The highest BCUT2D eigenvalue weighted by Gasteiger charge is 2.55. The van der Waals surface area contributed by atoms with Crippen molar-refractivity contribution in [3.63, 3.8) is 0 Å². The quantitative estimate of drug-likeness (QED) is 0.295. The second-order valence-corrected chi connectivity index (χ2v) is 13.9. The first kappa shape index (κ1) is 28.8. The summed E-state index contributed by atoms with van der Waals surface area (Å²) in [7, 11) is 4.19. The van der Waals surface area contributed by atoms with E-state index >= 15 is 8.78 Å². The van der Waals surface area contributed by atoms with Crippen molar-refractivity contribution in [2.75, 3.05) is 37.4 Å². The Morgan fingerprint density at radius 1 is 1.25 bits per heavy atom. The predicted octanol–water partition coefficient (Wildman–Crippen LogP) is 5.96. The number of likely N-dealkylation sites (N-methyl/N-ethyl adjacent to an activating group) is 1. The number of hydrogen-bond acceptors (Lipinski definition) is 10. The molecule has 0 radical (unpaired) electrons. The zero-order valence-corrected chi connectivity index (χ0v) is 25.9. The van der Waals surface area contributed by atoms with Gasteiger partial charge in [0.15, 0.2) is 11.6 Å². The molecule has 1 aliphatic carbocycles. The third-order valence-corrected chi connectivity index (χ3v) is 10.2. The van der Waals surface area contributed by atoms with Crippen molar-refractivity contribution in [1.29, 1.82) is 5.26 Å². The molecule has 1 amide bonds. The normalized spacial score (nSPS) is 21.0. The number of nitrogens with zero attached hydrogens (tertiary/aromatic N) is 6. The van der Waals surface area contributed by atoms with Crippen molar-refractivity contribution in [3.8, 4) is 17.3 Å². The molecule has 1 N–H and O–H groups in total. The Hall–Kier alpha value is -3.99. The van der Waals surface area contributed by atoms with Gasteiger partial charge in [0.1, 0.15) is 22.2 Å². The molecular formula is C31H31F2N7O3S. The van der Waals surface area contributed by atoms with Crippen LogP contribution in [0.4, 0.5) is 24.5 Å². The van der Waals surface area contributed by atoms with Crippen LogP contribution in [0.15, 0.2) is 12.4 Å². The van der Waals surface area contributed by atoms with E-state index in [1.807, 2.05) is 0 Å². The second-order valence-electron chi connectivity index (χ2n) is 12.9. The monoisotopic (exact) mass is 619 g/mol. The Balaban J connectivity index is 1.39. The molecule has 5 heterocycles. The summed E-state index contributed by atoms with van der Waals surface area (Å²) in [5.41, 5.74) is 0.825. The van der Waals surface area contributed by atoms with Crippen LogP contribution in [0.3, 0.4) is 0 Å². The summed E-state index contributed by atoms with van der Waals surface area (Å²) in [6.45, 7) is 7.00. The molecule has 2 atom stereocenters. The summed E-state index contributed by atoms with van der Waals surface area (Å²) in [6.07, 6.45) is 4.09. The smallest absolute Gasteiger partial charge is 0.412 e. The Bertz CT molecular complexity index is 1920. The van der Waals surface area contributed by atoms with Gasteiger partial charge in [0.05, 0.1) is 35.4 Å². The zero-order chi connectivity index (χ0) is 31.1. The highest BCUT2D eigenvalue weighted by Crippen LogP contribution is 2.49. The lowest BCUT2D eigenvalue weighted by molar-refractivity contribution is 0.0300. The molecule has 1 saturated carbocycles. The van der Waals surface area contributed by atoms with Crippen LogP contribution in [0.2, 0.25) is 0 Å². The number of halogens is 2. The van der Waals surface area contributed by atoms with Crippen molar-refractivity contribution in [2.24, 2.45) is 5.92 Å². The largest absolute Gasteiger partial charge is 0.444 e. The minimum atomic E-state index is -0.794. The number of ether oxygens (including phenoxy) is 2. The van der Waals surface area contributed by atoms with Crippen LogP contribution in [0.5, 0.6) is 0 Å². The van der Waals surface area contributed by atoms with Gasteiger partial charge >= 0.3 is 6.09 Å². The first-order valence-corrected chi connectivity index (χ1v) is 15.2. The number of anilines is 2. The second kappa shape index (κ2) is 10.0. The molecule has 3 aromatic heterocycles. The molecule has 13 heteroatoms. The van der Waals surface area contributed by atoms with E-state index in [9.17, 15) is 10.1 Å². The van der Waals surface area contributed by atoms with Crippen LogP contribution in [0.1, 0.15) is 50.3 Å². The lowest BCUT2D eigenvalue weighted by Gasteiger charge is -2.48. The van der Waals surface area contributed by atoms with E-state index in [0.29, 0.717) is 22.8 Å². The number of hydrogen-bond donors (Lipinski definition) is 1. The molecule has 1 saturated heterocycles. The Morgan fingerprint density at radius 3 is 2.68 bits per heavy atom. The molecule has 228 valence electrons. The van der Waals surface area contributed by atoms with Gasteiger partial charge in [-0.15, -0.1) is 11.3 Å². The summed E-state index contributed by atoms with van der Waals surface area (Å²) in [5.74, 6) is -0.394. The zero-order valence-electron chi connectivity index (χ0n) is 25.0. The number of aromatic nitrogens is 3. The maximum atomic E-state index is 16.8. The molecule has 7 rings (SSSR count). The van der Waals surface area contributed by atoms with Gasteiger partial charge in [0.25, 0.3) is 0 Å². The molecule has 4 aromatic rings. The van der Waals surface area contributed by atoms with E-state index in [0.717, 1.165) is 49.0 Å². The van der Waals surface area contributed by atoms with Crippen molar-refractivity contribution >= 4 is 49.4 Å². The summed E-state index contributed by atoms with van der Waals surface area (Å²) in [6, 6.07) is 2.06. The molecule has 0 bridgehead atoms. The van der Waals surface area contributed by atoms with Crippen LogP contribution in [0, 0.1) is 28.9 Å². The Labute approximate surface area is 256 Å². The van der Waals surface area contributed by atoms with Gasteiger partial charge in [0, 0.05) is 41.2 Å². The number of benzene rings is 1. The SMILES string of the molecule is CN(C)C12CCC1CN(c1ncc3c4c(c(-c5ncc(F)c6sc(NC(=O)OC(C)(C)C)c(C#N)c56)c(F)c3n1)COC4)C2. The van der Waals surface area contributed by atoms with Gasteiger partial charge in [-0.05, 0) is 64.8 Å². The molecule has 44 heavy (non-hydrogen) atoms. The van der Waals surface area contributed by atoms with E-state index in [2.05, 4.69) is 45.2 Å². The highest BCUT2D eigenvalue weighted by molar-refractivity contribution is 7.23. The standard InChI is InChI=1S/C31H31F2N7O3S/c1-30(2,3)43-29(41)38-27-16(8-34)22-25(35-10-20(32)26(22)44-27)21-19-13-42-12-18(19)17-9-36-28(37-24(17)23(21)33)40-11-15-6-7-31(15,14-40)39(4)5/h9-10,15H,6-7,11-14H2,1-5H3,(H,38,41). The number of fused-ring (bicyclic) bond motifs is 5. The highest BCUT2D eigenvalue weighted by atomic mass is 32.1. The van der Waals surface area contributed by atoms with Crippen LogP contribution in [0.25, 0.3) is 32.2 Å². The third-order valence-electron chi connectivity index (χ3n) is 9.08. The van der Waals surface area contributed by atoms with Crippen LogP contribution >= 0.6 is 11.3 Å². The van der Waals surface area contributed by atoms with Gasteiger partial charge in [0.2, 0.25) is 5.95 Å². The molecule has 2 unspecified atom stereocenters. The van der Waals surface area contributed by atoms with Crippen molar-refractivity contribution < 1.29 is 23.0 Å². The molecule has 2 aliphatic heterocycles. The average molecular weight is 620 g/mol. The topological polar surface area (TPSA) is 116 Å². The molecule has 1 aromatic carbocycles. The van der Waals surface area contributed by atoms with Gasteiger partial charge < -0.3 is 19.3 Å². The third kappa shape index (κ3) is 4.30. The van der Waals surface area contributed by atoms with E-state index in [-0.39, 0.29) is 56.2 Å². The first-order chi connectivity index (χ1) is 20.9. The van der Waals surface area contributed by atoms with Crippen LogP contribution in [-0.2, 0) is 22.7 Å². The fourth-order valence-corrected chi connectivity index (χ4v) is 7.89. The number of pyridine rings is 1. The lowest BCUT2D eigenvalue weighted by Crippen LogP contribution is -2.57. The molecule has 10 nitrogen and oxygen atoms in total. The van der Waals surface area contributed by atoms with Gasteiger partial charge in [-0.2, -0.15) is 5.26 Å². The Kier molecular flexibility index (Phi) is 6.55. The number of thiophene rings is 1. The van der Waals surface area contributed by atoms with Gasteiger partial charge in [-0.25, -0.2) is 23.5 Å². The number of carbonyl (C=O) groups excluding carboxylic acids is 1. The van der Waals surface area contributed by atoms with E-state index in [1.165, 1.54) is 0 Å². The van der Waals surface area contributed by atoms with E-state index in [1.54, 1.807) is 27.0 Å². The maximum Gasteiger partial charge on any atom is 0.412 e. The number of rotatable bonds is 4. The minimum absolute atomic E-state index is 0.0325. The van der Waals surface area contributed by atoms with Gasteiger partial charge in [-0.3, -0.25) is 10.3 Å². The van der Waals surface area contributed by atoms with Crippen molar-refractivity contribution in [2.45, 2.75) is 58.0 Å². The van der Waals surface area contributed by atoms with Crippen molar-refractivity contribution in [1.82, 2.24) is 19.9 Å². The predicted molar refractivity (Wildman–Crippen MR) is 162 cm³/mol. The molecule has 0 spiro atoms. The minimum Gasteiger partial charge on any atom is -0.444 e. The molecule has 3 aliphatic rings. The number of nitrogens with one attached hydrogen (secondary N) is 1. The van der Waals surface area contributed by atoms with Crippen LogP contribution < -0.4 is 10.2 Å². The number of carbonyl (C=O) groups is 1. The summed E-state index contributed by atoms with van der Waals surface area (Å²) in [4.78, 5) is 30.7. The maximum absolute atomic E-state index is 16.8. The molecular weight excluding hydrogens is 588 g/mol. The fourth-order valence-electron chi connectivity index (χ4n) is 6.85. The van der Waals surface area contributed by atoms with Crippen LogP contribution in [-0.4, -0.2) is 64.3 Å². The number of amides is 1. The molecule has 2 fully saturated rings. The Morgan fingerprint density at radius 2 is 2.02 bits per heavy atom. The van der Waals surface area contributed by atoms with Crippen molar-refractivity contribution in [3.05, 3.63) is 40.7 Å². The first-order valence-electron chi connectivity index (χ1n) is 14.4. The van der Waals surface area contributed by atoms with E-state index in [4.69, 9.17) is 14.5 Å². The van der Waals surface area contributed by atoms with Gasteiger partial charge in [-0.1, -0.05) is 0 Å².